The van der Waals surface area contributed by atoms with Gasteiger partial charge in [-0.15, -0.1) is 0 Å². The molecule has 2 rings (SSSR count). The summed E-state index contributed by atoms with van der Waals surface area (Å²) in [5.41, 5.74) is 3.63. The second kappa shape index (κ2) is 7.81. The van der Waals surface area contributed by atoms with Crippen LogP contribution >= 0.6 is 0 Å². The Morgan fingerprint density at radius 1 is 1.15 bits per heavy atom. The lowest BCUT2D eigenvalue weighted by Gasteiger charge is -2.04. The van der Waals surface area contributed by atoms with Crippen LogP contribution in [0.2, 0.25) is 0 Å². The predicted octanol–water partition coefficient (Wildman–Crippen LogP) is 4.11. The lowest BCUT2D eigenvalue weighted by atomic mass is 10.1. The van der Waals surface area contributed by atoms with Gasteiger partial charge < -0.3 is 5.32 Å². The van der Waals surface area contributed by atoms with E-state index in [1.807, 2.05) is 6.07 Å². The van der Waals surface area contributed by atoms with Crippen LogP contribution in [0.5, 0.6) is 0 Å². The molecule has 0 aliphatic carbocycles. The van der Waals surface area contributed by atoms with Crippen LogP contribution < -0.4 is 5.32 Å². The minimum absolute atomic E-state index is 0.943. The highest BCUT2D eigenvalue weighted by molar-refractivity contribution is 5.78. The molecule has 0 bridgehead atoms. The highest BCUT2D eigenvalue weighted by Gasteiger charge is 1.99. The van der Waals surface area contributed by atoms with Crippen molar-refractivity contribution in [2.24, 2.45) is 0 Å². The number of fused-ring (bicyclic) bond motifs is 1. The summed E-state index contributed by atoms with van der Waals surface area (Å²) >= 11 is 0. The number of rotatable bonds is 7. The monoisotopic (exact) mass is 268 g/mol. The van der Waals surface area contributed by atoms with E-state index in [9.17, 15) is 0 Å². The van der Waals surface area contributed by atoms with Gasteiger partial charge in [0, 0.05) is 17.5 Å². The van der Waals surface area contributed by atoms with E-state index in [0.29, 0.717) is 0 Å². The van der Waals surface area contributed by atoms with Gasteiger partial charge in [-0.05, 0) is 45.0 Å². The number of para-hydroxylation sites is 1. The van der Waals surface area contributed by atoms with Crippen molar-refractivity contribution in [1.82, 2.24) is 10.3 Å². The normalized spacial score (nSPS) is 12.0. The number of allylic oxidation sites excluding steroid dienone is 1. The third-order valence-electron chi connectivity index (χ3n) is 3.36. The fraction of sp³-hybridized carbons (Fsp3) is 0.389. The topological polar surface area (TPSA) is 24.9 Å². The first-order valence-corrected chi connectivity index (χ1v) is 7.50. The summed E-state index contributed by atoms with van der Waals surface area (Å²) in [4.78, 5) is 4.72. The van der Waals surface area contributed by atoms with Gasteiger partial charge in [-0.2, -0.15) is 0 Å². The van der Waals surface area contributed by atoms with Gasteiger partial charge >= 0.3 is 0 Å². The van der Waals surface area contributed by atoms with Crippen molar-refractivity contribution in [2.45, 2.75) is 33.1 Å². The molecule has 0 unspecified atom stereocenters. The first kappa shape index (κ1) is 14.7. The van der Waals surface area contributed by atoms with E-state index in [-0.39, 0.29) is 0 Å². The van der Waals surface area contributed by atoms with Crippen molar-refractivity contribution in [3.8, 4) is 0 Å². The summed E-state index contributed by atoms with van der Waals surface area (Å²) in [5.74, 6) is 0. The summed E-state index contributed by atoms with van der Waals surface area (Å²) < 4.78 is 0. The first-order valence-electron chi connectivity index (χ1n) is 7.50. The molecule has 0 aliphatic heterocycles. The number of nitrogens with one attached hydrogen (secondary N) is 1. The van der Waals surface area contributed by atoms with Crippen molar-refractivity contribution in [3.05, 3.63) is 53.7 Å². The molecule has 0 spiro atoms. The average molecular weight is 268 g/mol. The third kappa shape index (κ3) is 4.46. The molecule has 2 nitrogen and oxygen atoms in total. The van der Waals surface area contributed by atoms with Crippen molar-refractivity contribution in [2.75, 3.05) is 13.1 Å². The van der Waals surface area contributed by atoms with Crippen LogP contribution in [0.25, 0.3) is 10.9 Å². The van der Waals surface area contributed by atoms with Crippen LogP contribution in [0.4, 0.5) is 0 Å². The van der Waals surface area contributed by atoms with E-state index in [4.69, 9.17) is 4.98 Å². The summed E-state index contributed by atoms with van der Waals surface area (Å²) in [6.07, 6.45) is 5.56. The minimum atomic E-state index is 0.943. The average Bonchev–Trinajstić information content (AvgIpc) is 2.47. The highest BCUT2D eigenvalue weighted by atomic mass is 14.8. The Morgan fingerprint density at radius 3 is 2.85 bits per heavy atom. The van der Waals surface area contributed by atoms with E-state index in [2.05, 4.69) is 55.6 Å². The summed E-state index contributed by atoms with van der Waals surface area (Å²) in [6, 6.07) is 12.6. The number of aromatic nitrogens is 1. The largest absolute Gasteiger partial charge is 0.316 e. The maximum atomic E-state index is 4.72. The van der Waals surface area contributed by atoms with Gasteiger partial charge in [-0.3, -0.25) is 4.98 Å². The second-order valence-corrected chi connectivity index (χ2v) is 5.26. The summed E-state index contributed by atoms with van der Waals surface area (Å²) in [6.45, 7) is 6.56. The molecule has 1 aromatic carbocycles. The van der Waals surface area contributed by atoms with E-state index in [0.717, 1.165) is 37.1 Å². The smallest absolute Gasteiger partial charge is 0.0705 e. The number of hydrogen-bond donors (Lipinski definition) is 1. The van der Waals surface area contributed by atoms with Crippen molar-refractivity contribution in [3.63, 3.8) is 0 Å². The number of benzene rings is 1. The molecule has 1 heterocycles. The zero-order valence-corrected chi connectivity index (χ0v) is 12.5. The van der Waals surface area contributed by atoms with Crippen LogP contribution in [0.1, 0.15) is 32.4 Å². The Labute approximate surface area is 121 Å². The molecule has 1 aromatic heterocycles. The Kier molecular flexibility index (Phi) is 5.75. The lowest BCUT2D eigenvalue weighted by molar-refractivity contribution is 0.676. The molecule has 0 saturated heterocycles. The standard InChI is InChI=1S/C18H24N2/c1-3-12-19-13-6-7-15(2)14-17-11-10-16-8-4-5-9-18(16)20-17/h4-5,7-11,19H,3,6,12-14H2,1-2H3. The van der Waals surface area contributed by atoms with E-state index < -0.39 is 0 Å². The van der Waals surface area contributed by atoms with Gasteiger partial charge in [0.2, 0.25) is 0 Å². The van der Waals surface area contributed by atoms with Gasteiger partial charge in [0.05, 0.1) is 5.52 Å². The van der Waals surface area contributed by atoms with Crippen molar-refractivity contribution < 1.29 is 0 Å². The zero-order chi connectivity index (χ0) is 14.2. The lowest BCUT2D eigenvalue weighted by Crippen LogP contribution is -2.15. The fourth-order valence-corrected chi connectivity index (χ4v) is 2.29. The molecule has 1 N–H and O–H groups in total. The molecule has 106 valence electrons. The molecule has 0 amide bonds. The van der Waals surface area contributed by atoms with E-state index >= 15 is 0 Å². The molecular formula is C18H24N2. The van der Waals surface area contributed by atoms with Gasteiger partial charge in [-0.25, -0.2) is 0 Å². The van der Waals surface area contributed by atoms with Gasteiger partial charge in [0.25, 0.3) is 0 Å². The summed E-state index contributed by atoms with van der Waals surface area (Å²) in [7, 11) is 0. The predicted molar refractivity (Wildman–Crippen MR) is 87.0 cm³/mol. The minimum Gasteiger partial charge on any atom is -0.316 e. The molecule has 2 aromatic rings. The summed E-state index contributed by atoms with van der Waals surface area (Å²) in [5, 5.41) is 4.63. The Hall–Kier alpha value is -1.67. The molecular weight excluding hydrogens is 244 g/mol. The molecule has 0 aliphatic rings. The van der Waals surface area contributed by atoms with Gasteiger partial charge in [0.15, 0.2) is 0 Å². The molecule has 20 heavy (non-hydrogen) atoms. The second-order valence-electron chi connectivity index (χ2n) is 5.26. The Morgan fingerprint density at radius 2 is 2.00 bits per heavy atom. The maximum Gasteiger partial charge on any atom is 0.0705 e. The number of nitrogens with zero attached hydrogens (tertiary/aromatic N) is 1. The maximum absolute atomic E-state index is 4.72. The zero-order valence-electron chi connectivity index (χ0n) is 12.5. The van der Waals surface area contributed by atoms with Crippen LogP contribution in [0.15, 0.2) is 48.0 Å². The number of hydrogen-bond acceptors (Lipinski definition) is 2. The Bertz CT molecular complexity index is 572. The van der Waals surface area contributed by atoms with Crippen LogP contribution in [-0.4, -0.2) is 18.1 Å². The van der Waals surface area contributed by atoms with E-state index in [1.165, 1.54) is 17.4 Å². The third-order valence-corrected chi connectivity index (χ3v) is 3.36. The fourth-order valence-electron chi connectivity index (χ4n) is 2.29. The van der Waals surface area contributed by atoms with Crippen LogP contribution in [-0.2, 0) is 6.42 Å². The Balaban J connectivity index is 1.92. The number of pyridine rings is 1. The quantitative estimate of drug-likeness (QED) is 0.603. The molecule has 0 fully saturated rings. The molecule has 0 radical (unpaired) electrons. The van der Waals surface area contributed by atoms with Crippen LogP contribution in [0.3, 0.4) is 0 Å². The molecule has 2 heteroatoms. The first-order chi connectivity index (χ1) is 9.79. The van der Waals surface area contributed by atoms with E-state index in [1.54, 1.807) is 0 Å². The van der Waals surface area contributed by atoms with Gasteiger partial charge in [0.1, 0.15) is 0 Å². The SMILES string of the molecule is CCCNCCC=C(C)Cc1ccc2ccccc2n1. The molecule has 0 atom stereocenters. The van der Waals surface area contributed by atoms with Crippen LogP contribution in [0, 0.1) is 0 Å². The van der Waals surface area contributed by atoms with Crippen molar-refractivity contribution in [1.29, 1.82) is 0 Å². The highest BCUT2D eigenvalue weighted by Crippen LogP contribution is 2.14. The van der Waals surface area contributed by atoms with Crippen molar-refractivity contribution >= 4 is 10.9 Å². The van der Waals surface area contributed by atoms with Gasteiger partial charge in [-0.1, -0.05) is 42.8 Å². The molecule has 0 saturated carbocycles.